The van der Waals surface area contributed by atoms with Crippen molar-refractivity contribution >= 4 is 34.5 Å². The fourth-order valence-corrected chi connectivity index (χ4v) is 3.56. The van der Waals surface area contributed by atoms with Crippen molar-refractivity contribution in [3.8, 4) is 0 Å². The Labute approximate surface area is 158 Å². The summed E-state index contributed by atoms with van der Waals surface area (Å²) in [5.74, 6) is -2.02. The molecule has 3 aromatic rings. The molecular formula is C22H11NO5. The molecule has 0 unspecified atom stereocenters. The molecule has 0 fully saturated rings. The smallest absolute Gasteiger partial charge is 0.256 e. The lowest BCUT2D eigenvalue weighted by Crippen LogP contribution is -2.21. The molecule has 2 aliphatic rings. The van der Waals surface area contributed by atoms with Crippen molar-refractivity contribution in [1.82, 2.24) is 0 Å². The van der Waals surface area contributed by atoms with E-state index >= 15 is 0 Å². The van der Waals surface area contributed by atoms with Gasteiger partial charge in [-0.1, -0.05) is 42.5 Å². The van der Waals surface area contributed by atoms with Crippen molar-refractivity contribution in [3.05, 3.63) is 94.4 Å². The molecular weight excluding hydrogens is 358 g/mol. The van der Waals surface area contributed by atoms with Crippen molar-refractivity contribution in [2.75, 3.05) is 5.32 Å². The van der Waals surface area contributed by atoms with Gasteiger partial charge in [-0.3, -0.25) is 19.2 Å². The summed E-state index contributed by atoms with van der Waals surface area (Å²) in [6.07, 6.45) is 2.27. The van der Waals surface area contributed by atoms with Crippen LogP contribution in [0.1, 0.15) is 48.0 Å². The molecule has 0 atom stereocenters. The summed E-state index contributed by atoms with van der Waals surface area (Å²) < 4.78 is 5.29. The number of hydrogen-bond acceptors (Lipinski definition) is 5. The predicted molar refractivity (Wildman–Crippen MR) is 99.4 cm³/mol. The Balaban J connectivity index is 1.61. The molecule has 1 aliphatic carbocycles. The number of carbonyl (C=O) groups is 4. The van der Waals surface area contributed by atoms with Crippen LogP contribution in [0.5, 0.6) is 0 Å². The highest BCUT2D eigenvalue weighted by Crippen LogP contribution is 2.34. The zero-order valence-corrected chi connectivity index (χ0v) is 14.3. The second kappa shape index (κ2) is 5.72. The third kappa shape index (κ3) is 2.15. The van der Waals surface area contributed by atoms with Crippen LogP contribution >= 0.6 is 0 Å². The van der Waals surface area contributed by atoms with E-state index in [9.17, 15) is 19.2 Å². The van der Waals surface area contributed by atoms with E-state index in [-0.39, 0.29) is 33.6 Å². The lowest BCUT2D eigenvalue weighted by molar-refractivity contribution is -0.110. The maximum absolute atomic E-state index is 12.9. The van der Waals surface area contributed by atoms with Crippen molar-refractivity contribution in [1.29, 1.82) is 0 Å². The molecule has 0 radical (unpaired) electrons. The zero-order valence-electron chi connectivity index (χ0n) is 14.3. The molecule has 28 heavy (non-hydrogen) atoms. The average Bonchev–Trinajstić information content (AvgIpc) is 3.28. The van der Waals surface area contributed by atoms with Gasteiger partial charge in [-0.2, -0.15) is 0 Å². The monoisotopic (exact) mass is 369 g/mol. The molecule has 1 aliphatic heterocycles. The summed E-state index contributed by atoms with van der Waals surface area (Å²) in [6, 6.07) is 13.4. The first-order valence-electron chi connectivity index (χ1n) is 8.53. The van der Waals surface area contributed by atoms with E-state index in [0.29, 0.717) is 11.3 Å². The summed E-state index contributed by atoms with van der Waals surface area (Å²) in [5.41, 5.74) is 1.80. The van der Waals surface area contributed by atoms with E-state index in [4.69, 9.17) is 4.42 Å². The van der Waals surface area contributed by atoms with Crippen LogP contribution in [0.15, 0.2) is 65.3 Å². The SMILES string of the molecule is O=C1Nc2ccccc2/C1=C/C(=O)c1coc2c1C(=O)c1ccccc1C2=O. The topological polar surface area (TPSA) is 93.4 Å². The Morgan fingerprint density at radius 2 is 1.50 bits per heavy atom. The molecule has 1 N–H and O–H groups in total. The quantitative estimate of drug-likeness (QED) is 0.432. The van der Waals surface area contributed by atoms with Gasteiger partial charge in [0.05, 0.1) is 16.7 Å². The molecule has 2 heterocycles. The molecule has 6 nitrogen and oxygen atoms in total. The fourth-order valence-electron chi connectivity index (χ4n) is 3.56. The minimum Gasteiger partial charge on any atom is -0.459 e. The van der Waals surface area contributed by atoms with Gasteiger partial charge in [-0.15, -0.1) is 0 Å². The molecule has 134 valence electrons. The number of rotatable bonds is 2. The standard InChI is InChI=1S/C22H11NO5/c24-17(9-14-11-5-3-4-8-16(11)23-22(14)27)15-10-28-21-18(15)19(25)12-6-1-2-7-13(12)20(21)26/h1-10H,(H,23,27)/b14-9-. The Kier molecular flexibility index (Phi) is 3.30. The minimum absolute atomic E-state index is 0.0347. The molecule has 2 aromatic carbocycles. The van der Waals surface area contributed by atoms with Crippen molar-refractivity contribution in [2.24, 2.45) is 0 Å². The number of furan rings is 1. The van der Waals surface area contributed by atoms with Crippen LogP contribution in [0, 0.1) is 0 Å². The highest BCUT2D eigenvalue weighted by molar-refractivity contribution is 6.36. The average molecular weight is 369 g/mol. The van der Waals surface area contributed by atoms with Crippen molar-refractivity contribution in [3.63, 3.8) is 0 Å². The largest absolute Gasteiger partial charge is 0.459 e. The van der Waals surface area contributed by atoms with E-state index in [1.54, 1.807) is 48.5 Å². The van der Waals surface area contributed by atoms with E-state index in [1.165, 1.54) is 6.08 Å². The van der Waals surface area contributed by atoms with Gasteiger partial charge in [-0.05, 0) is 12.1 Å². The van der Waals surface area contributed by atoms with E-state index < -0.39 is 23.3 Å². The second-order valence-corrected chi connectivity index (χ2v) is 6.48. The number of para-hydroxylation sites is 1. The maximum Gasteiger partial charge on any atom is 0.256 e. The zero-order chi connectivity index (χ0) is 19.4. The molecule has 5 rings (SSSR count). The maximum atomic E-state index is 12.9. The van der Waals surface area contributed by atoms with Gasteiger partial charge >= 0.3 is 0 Å². The van der Waals surface area contributed by atoms with E-state index in [2.05, 4.69) is 5.32 Å². The minimum atomic E-state index is -0.576. The summed E-state index contributed by atoms with van der Waals surface area (Å²) in [5, 5.41) is 2.69. The molecule has 0 saturated heterocycles. The number of anilines is 1. The Morgan fingerprint density at radius 1 is 0.857 bits per heavy atom. The number of carbonyl (C=O) groups excluding carboxylic acids is 4. The first-order chi connectivity index (χ1) is 13.6. The number of hydrogen-bond donors (Lipinski definition) is 1. The number of fused-ring (bicyclic) bond motifs is 3. The summed E-state index contributed by atoms with van der Waals surface area (Å²) in [6.45, 7) is 0. The van der Waals surface area contributed by atoms with Crippen LogP contribution < -0.4 is 5.32 Å². The van der Waals surface area contributed by atoms with Crippen LogP contribution in [0.4, 0.5) is 5.69 Å². The van der Waals surface area contributed by atoms with Gasteiger partial charge < -0.3 is 9.73 Å². The predicted octanol–water partition coefficient (Wildman–Crippen LogP) is 3.27. The Morgan fingerprint density at radius 3 is 2.25 bits per heavy atom. The van der Waals surface area contributed by atoms with Crippen LogP contribution in [-0.4, -0.2) is 23.3 Å². The van der Waals surface area contributed by atoms with Gasteiger partial charge in [0.25, 0.3) is 5.91 Å². The molecule has 0 saturated carbocycles. The van der Waals surface area contributed by atoms with Gasteiger partial charge in [0.15, 0.2) is 17.3 Å². The summed E-state index contributed by atoms with van der Waals surface area (Å²) in [7, 11) is 0. The van der Waals surface area contributed by atoms with Gasteiger partial charge in [-0.25, -0.2) is 0 Å². The molecule has 6 heteroatoms. The Bertz CT molecular complexity index is 1260. The molecule has 0 bridgehead atoms. The second-order valence-electron chi connectivity index (χ2n) is 6.48. The lowest BCUT2D eigenvalue weighted by atomic mass is 9.86. The Hall–Kier alpha value is -4.06. The van der Waals surface area contributed by atoms with Gasteiger partial charge in [0.1, 0.15) is 6.26 Å². The molecule has 0 spiro atoms. The third-order valence-corrected chi connectivity index (χ3v) is 4.89. The number of nitrogens with one attached hydrogen (secondary N) is 1. The van der Waals surface area contributed by atoms with Crippen LogP contribution in [-0.2, 0) is 4.79 Å². The van der Waals surface area contributed by atoms with Crippen molar-refractivity contribution in [2.45, 2.75) is 0 Å². The third-order valence-electron chi connectivity index (χ3n) is 4.89. The highest BCUT2D eigenvalue weighted by atomic mass is 16.3. The fraction of sp³-hybridized carbons (Fsp3) is 0. The van der Waals surface area contributed by atoms with Gasteiger partial charge in [0.2, 0.25) is 5.78 Å². The van der Waals surface area contributed by atoms with Gasteiger partial charge in [0, 0.05) is 22.4 Å². The van der Waals surface area contributed by atoms with E-state index in [1.807, 2.05) is 0 Å². The number of allylic oxidation sites excluding steroid dienone is 1. The number of amides is 1. The van der Waals surface area contributed by atoms with E-state index in [0.717, 1.165) is 6.26 Å². The summed E-state index contributed by atoms with van der Waals surface area (Å²) >= 11 is 0. The molecule has 1 aromatic heterocycles. The lowest BCUT2D eigenvalue weighted by Gasteiger charge is -2.13. The van der Waals surface area contributed by atoms with Crippen LogP contribution in [0.3, 0.4) is 0 Å². The first-order valence-corrected chi connectivity index (χ1v) is 8.53. The normalized spacial score (nSPS) is 15.9. The summed E-state index contributed by atoms with van der Waals surface area (Å²) in [4.78, 5) is 50.6. The van der Waals surface area contributed by atoms with Crippen LogP contribution in [0.25, 0.3) is 5.57 Å². The van der Waals surface area contributed by atoms with Crippen LogP contribution in [0.2, 0.25) is 0 Å². The van der Waals surface area contributed by atoms with Crippen molar-refractivity contribution < 1.29 is 23.6 Å². The highest BCUT2D eigenvalue weighted by Gasteiger charge is 2.36. The molecule has 1 amide bonds. The number of benzene rings is 2. The number of ketones is 3. The first kappa shape index (κ1) is 16.1.